The molecule has 2 heterocycles. The summed E-state index contributed by atoms with van der Waals surface area (Å²) in [5, 5.41) is 10.9. The second-order valence-corrected chi connectivity index (χ2v) is 5.72. The average molecular weight is 329 g/mol. The largest absolute Gasteiger partial charge is 0.372 e. The second kappa shape index (κ2) is 6.66. The first-order valence-electron chi connectivity index (χ1n) is 6.96. The van der Waals surface area contributed by atoms with Gasteiger partial charge in [0.05, 0.1) is 11.3 Å². The van der Waals surface area contributed by atoms with Crippen molar-refractivity contribution in [2.75, 3.05) is 23.4 Å². The molecule has 0 saturated heterocycles. The lowest BCUT2D eigenvalue weighted by Gasteiger charge is -2.07. The van der Waals surface area contributed by atoms with Crippen molar-refractivity contribution in [3.05, 3.63) is 36.1 Å². The smallest absolute Gasteiger partial charge is 0.236 e. The first-order chi connectivity index (χ1) is 11.2. The normalized spacial score (nSPS) is 10.7. The minimum atomic E-state index is -0.189. The van der Waals surface area contributed by atoms with E-state index in [4.69, 9.17) is 4.52 Å². The SMILES string of the molecule is CNc1nc(SCC(=O)Nc2cc(C)on2)nc2ccccc12. The van der Waals surface area contributed by atoms with Crippen molar-refractivity contribution >= 4 is 40.2 Å². The Hall–Kier alpha value is -2.61. The second-order valence-electron chi connectivity index (χ2n) is 4.78. The van der Waals surface area contributed by atoms with Crippen LogP contribution in [0.5, 0.6) is 0 Å². The molecule has 3 aromatic rings. The zero-order valence-electron chi connectivity index (χ0n) is 12.7. The number of nitrogens with zero attached hydrogens (tertiary/aromatic N) is 3. The number of hydrogen-bond donors (Lipinski definition) is 2. The van der Waals surface area contributed by atoms with Gasteiger partial charge in [0.1, 0.15) is 11.6 Å². The molecule has 2 N–H and O–H groups in total. The highest BCUT2D eigenvalue weighted by atomic mass is 32.2. The van der Waals surface area contributed by atoms with Gasteiger partial charge in [-0.1, -0.05) is 29.1 Å². The molecule has 0 unspecified atom stereocenters. The molecule has 0 aliphatic carbocycles. The number of amides is 1. The summed E-state index contributed by atoms with van der Waals surface area (Å²) in [4.78, 5) is 20.8. The molecule has 8 heteroatoms. The fraction of sp³-hybridized carbons (Fsp3) is 0.200. The van der Waals surface area contributed by atoms with Crippen LogP contribution in [0, 0.1) is 6.92 Å². The van der Waals surface area contributed by atoms with Gasteiger partial charge in [-0.3, -0.25) is 4.79 Å². The Labute approximate surface area is 136 Å². The van der Waals surface area contributed by atoms with Crippen LogP contribution in [0.3, 0.4) is 0 Å². The number of benzene rings is 1. The van der Waals surface area contributed by atoms with Gasteiger partial charge in [-0.15, -0.1) is 0 Å². The van der Waals surface area contributed by atoms with E-state index < -0.39 is 0 Å². The molecule has 0 fully saturated rings. The Morgan fingerprint density at radius 3 is 2.87 bits per heavy atom. The van der Waals surface area contributed by atoms with Crippen molar-refractivity contribution in [3.63, 3.8) is 0 Å². The number of anilines is 2. The molecule has 0 radical (unpaired) electrons. The third-order valence-electron chi connectivity index (χ3n) is 3.05. The van der Waals surface area contributed by atoms with E-state index in [1.54, 1.807) is 13.0 Å². The first kappa shape index (κ1) is 15.3. The van der Waals surface area contributed by atoms with Crippen molar-refractivity contribution in [1.29, 1.82) is 0 Å². The maximum atomic E-state index is 11.9. The van der Waals surface area contributed by atoms with E-state index >= 15 is 0 Å². The maximum Gasteiger partial charge on any atom is 0.236 e. The van der Waals surface area contributed by atoms with Crippen LogP contribution in [0.2, 0.25) is 0 Å². The van der Waals surface area contributed by atoms with Crippen LogP contribution in [0.25, 0.3) is 10.9 Å². The molecule has 1 aromatic carbocycles. The molecular formula is C15H15N5O2S. The van der Waals surface area contributed by atoms with Crippen LogP contribution >= 0.6 is 11.8 Å². The highest BCUT2D eigenvalue weighted by Crippen LogP contribution is 2.24. The van der Waals surface area contributed by atoms with Crippen molar-refractivity contribution < 1.29 is 9.32 Å². The molecular weight excluding hydrogens is 314 g/mol. The van der Waals surface area contributed by atoms with Crippen LogP contribution in [0.4, 0.5) is 11.6 Å². The van der Waals surface area contributed by atoms with Gasteiger partial charge in [-0.25, -0.2) is 9.97 Å². The van der Waals surface area contributed by atoms with E-state index in [1.165, 1.54) is 11.8 Å². The molecule has 23 heavy (non-hydrogen) atoms. The lowest BCUT2D eigenvalue weighted by atomic mass is 10.2. The Balaban J connectivity index is 1.70. The number of aryl methyl sites for hydroxylation is 1. The van der Waals surface area contributed by atoms with Gasteiger partial charge >= 0.3 is 0 Å². The number of carbonyl (C=O) groups is 1. The van der Waals surface area contributed by atoms with Crippen LogP contribution in [-0.4, -0.2) is 33.8 Å². The van der Waals surface area contributed by atoms with E-state index in [9.17, 15) is 4.79 Å². The fourth-order valence-electron chi connectivity index (χ4n) is 2.04. The standard InChI is InChI=1S/C15H15N5O2S/c1-9-7-12(20-22-9)18-13(21)8-23-15-17-11-6-4-3-5-10(11)14(16-2)19-15/h3-7H,8H2,1-2H3,(H,16,17,19)(H,18,20,21). The molecule has 0 aliphatic heterocycles. The first-order valence-corrected chi connectivity index (χ1v) is 7.95. The summed E-state index contributed by atoms with van der Waals surface area (Å²) in [6.07, 6.45) is 0. The number of hydrogen-bond acceptors (Lipinski definition) is 7. The van der Waals surface area contributed by atoms with Crippen molar-refractivity contribution in [3.8, 4) is 0 Å². The Kier molecular flexibility index (Phi) is 4.42. The molecule has 0 saturated carbocycles. The van der Waals surface area contributed by atoms with E-state index in [-0.39, 0.29) is 11.7 Å². The number of fused-ring (bicyclic) bond motifs is 1. The Bertz CT molecular complexity index is 849. The third-order valence-corrected chi connectivity index (χ3v) is 3.89. The van der Waals surface area contributed by atoms with Crippen molar-refractivity contribution in [2.24, 2.45) is 0 Å². The zero-order chi connectivity index (χ0) is 16.2. The van der Waals surface area contributed by atoms with Crippen molar-refractivity contribution in [2.45, 2.75) is 12.1 Å². The van der Waals surface area contributed by atoms with Crippen LogP contribution in [-0.2, 0) is 4.79 Å². The maximum absolute atomic E-state index is 11.9. The minimum Gasteiger partial charge on any atom is -0.372 e. The Morgan fingerprint density at radius 1 is 1.30 bits per heavy atom. The third kappa shape index (κ3) is 3.59. The number of rotatable bonds is 5. The van der Waals surface area contributed by atoms with Crippen LogP contribution in [0.1, 0.15) is 5.76 Å². The summed E-state index contributed by atoms with van der Waals surface area (Å²) in [5.74, 6) is 1.79. The predicted octanol–water partition coefficient (Wildman–Crippen LogP) is 2.70. The highest BCUT2D eigenvalue weighted by molar-refractivity contribution is 7.99. The van der Waals surface area contributed by atoms with E-state index in [1.807, 2.05) is 31.3 Å². The van der Waals surface area contributed by atoms with Gasteiger partial charge in [0.15, 0.2) is 11.0 Å². The van der Waals surface area contributed by atoms with Gasteiger partial charge in [-0.2, -0.15) is 0 Å². The predicted molar refractivity (Wildman–Crippen MR) is 89.7 cm³/mol. The molecule has 0 atom stereocenters. The zero-order valence-corrected chi connectivity index (χ0v) is 13.5. The van der Waals surface area contributed by atoms with Gasteiger partial charge in [0.2, 0.25) is 5.91 Å². The fourth-order valence-corrected chi connectivity index (χ4v) is 2.70. The molecule has 118 valence electrons. The van der Waals surface area contributed by atoms with Crippen LogP contribution in [0.15, 0.2) is 40.0 Å². The number of nitrogens with one attached hydrogen (secondary N) is 2. The summed E-state index contributed by atoms with van der Waals surface area (Å²) in [6, 6.07) is 9.39. The van der Waals surface area contributed by atoms with E-state index in [2.05, 4.69) is 25.8 Å². The number of thioether (sulfide) groups is 1. The quantitative estimate of drug-likeness (QED) is 0.549. The van der Waals surface area contributed by atoms with Crippen LogP contribution < -0.4 is 10.6 Å². The lowest BCUT2D eigenvalue weighted by Crippen LogP contribution is -2.14. The van der Waals surface area contributed by atoms with E-state index in [0.717, 1.165) is 16.7 Å². The summed E-state index contributed by atoms with van der Waals surface area (Å²) in [5.41, 5.74) is 0.835. The molecule has 2 aromatic heterocycles. The Morgan fingerprint density at radius 2 is 2.13 bits per heavy atom. The molecule has 0 aliphatic rings. The molecule has 7 nitrogen and oxygen atoms in total. The number of aromatic nitrogens is 3. The molecule has 0 spiro atoms. The summed E-state index contributed by atoms with van der Waals surface area (Å²) in [6.45, 7) is 1.76. The monoisotopic (exact) mass is 329 g/mol. The topological polar surface area (TPSA) is 92.9 Å². The lowest BCUT2D eigenvalue weighted by molar-refractivity contribution is -0.113. The van der Waals surface area contributed by atoms with Crippen molar-refractivity contribution in [1.82, 2.24) is 15.1 Å². The van der Waals surface area contributed by atoms with Gasteiger partial charge in [-0.05, 0) is 19.1 Å². The minimum absolute atomic E-state index is 0.188. The van der Waals surface area contributed by atoms with E-state index in [0.29, 0.717) is 16.7 Å². The average Bonchev–Trinajstić information content (AvgIpc) is 2.97. The van der Waals surface area contributed by atoms with Gasteiger partial charge < -0.3 is 15.2 Å². The number of para-hydroxylation sites is 1. The molecule has 3 rings (SSSR count). The van der Waals surface area contributed by atoms with Gasteiger partial charge in [0.25, 0.3) is 0 Å². The molecule has 0 bridgehead atoms. The molecule has 1 amide bonds. The highest BCUT2D eigenvalue weighted by Gasteiger charge is 2.10. The van der Waals surface area contributed by atoms with Gasteiger partial charge in [0, 0.05) is 18.5 Å². The summed E-state index contributed by atoms with van der Waals surface area (Å²) in [7, 11) is 1.81. The number of carbonyl (C=O) groups excluding carboxylic acids is 1. The summed E-state index contributed by atoms with van der Waals surface area (Å²) < 4.78 is 4.90. The summed E-state index contributed by atoms with van der Waals surface area (Å²) >= 11 is 1.27.